The van der Waals surface area contributed by atoms with Gasteiger partial charge in [-0.3, -0.25) is 0 Å². The molecular formula is C19H23ClFN3O. The van der Waals surface area contributed by atoms with Crippen molar-refractivity contribution in [2.45, 2.75) is 19.5 Å². The summed E-state index contributed by atoms with van der Waals surface area (Å²) in [7, 11) is 5.70. The van der Waals surface area contributed by atoms with E-state index in [1.165, 1.54) is 12.1 Å². The molecule has 2 aromatic carbocycles. The van der Waals surface area contributed by atoms with Crippen LogP contribution in [0.1, 0.15) is 24.1 Å². The van der Waals surface area contributed by atoms with Crippen LogP contribution in [0.3, 0.4) is 0 Å². The van der Waals surface area contributed by atoms with E-state index < -0.39 is 5.82 Å². The van der Waals surface area contributed by atoms with Crippen LogP contribution in [0.15, 0.2) is 42.5 Å². The third-order valence-electron chi connectivity index (χ3n) is 4.00. The predicted molar refractivity (Wildman–Crippen MR) is 101 cm³/mol. The molecule has 4 nitrogen and oxygen atoms in total. The molecule has 0 bridgehead atoms. The molecule has 0 aromatic heterocycles. The SMILES string of the molecule is C[C@H](NC(=O)N(C)Cc1ccc(N(C)C)cc1)c1ccc(F)c(Cl)c1. The Balaban J connectivity index is 1.96. The first-order valence-electron chi connectivity index (χ1n) is 8.00. The van der Waals surface area contributed by atoms with Crippen molar-refractivity contribution in [1.29, 1.82) is 0 Å². The average molecular weight is 364 g/mol. The molecule has 0 saturated heterocycles. The fraction of sp³-hybridized carbons (Fsp3) is 0.316. The average Bonchev–Trinajstić information content (AvgIpc) is 2.57. The Morgan fingerprint density at radius 2 is 1.80 bits per heavy atom. The first kappa shape index (κ1) is 19.1. The maximum Gasteiger partial charge on any atom is 0.317 e. The summed E-state index contributed by atoms with van der Waals surface area (Å²) in [5, 5.41) is 2.94. The van der Waals surface area contributed by atoms with Gasteiger partial charge < -0.3 is 15.1 Å². The quantitative estimate of drug-likeness (QED) is 0.852. The van der Waals surface area contributed by atoms with Crippen LogP contribution in [0.5, 0.6) is 0 Å². The number of urea groups is 1. The zero-order valence-electron chi connectivity index (χ0n) is 14.9. The van der Waals surface area contributed by atoms with E-state index in [2.05, 4.69) is 5.32 Å². The highest BCUT2D eigenvalue weighted by molar-refractivity contribution is 6.30. The van der Waals surface area contributed by atoms with Gasteiger partial charge in [0.1, 0.15) is 5.82 Å². The van der Waals surface area contributed by atoms with Crippen molar-refractivity contribution < 1.29 is 9.18 Å². The Morgan fingerprint density at radius 3 is 2.36 bits per heavy atom. The minimum atomic E-state index is -0.470. The van der Waals surface area contributed by atoms with Crippen LogP contribution in [-0.2, 0) is 6.54 Å². The van der Waals surface area contributed by atoms with Gasteiger partial charge in [-0.25, -0.2) is 9.18 Å². The van der Waals surface area contributed by atoms with E-state index >= 15 is 0 Å². The molecule has 0 heterocycles. The second-order valence-corrected chi connectivity index (χ2v) is 6.67. The lowest BCUT2D eigenvalue weighted by Crippen LogP contribution is -2.38. The van der Waals surface area contributed by atoms with E-state index in [1.807, 2.05) is 50.2 Å². The smallest absolute Gasteiger partial charge is 0.317 e. The van der Waals surface area contributed by atoms with E-state index in [4.69, 9.17) is 11.6 Å². The van der Waals surface area contributed by atoms with Crippen LogP contribution >= 0.6 is 11.6 Å². The minimum Gasteiger partial charge on any atom is -0.378 e. The highest BCUT2D eigenvalue weighted by Gasteiger charge is 2.15. The van der Waals surface area contributed by atoms with Crippen molar-refractivity contribution in [3.63, 3.8) is 0 Å². The number of amides is 2. The summed E-state index contributed by atoms with van der Waals surface area (Å²) in [4.78, 5) is 16.0. The molecule has 0 unspecified atom stereocenters. The molecule has 1 N–H and O–H groups in total. The third kappa shape index (κ3) is 5.10. The van der Waals surface area contributed by atoms with Crippen molar-refractivity contribution in [2.24, 2.45) is 0 Å². The molecule has 0 saturated carbocycles. The summed E-state index contributed by atoms with van der Waals surface area (Å²) < 4.78 is 13.2. The zero-order valence-corrected chi connectivity index (χ0v) is 15.6. The number of halogens is 2. The second kappa shape index (κ2) is 8.21. The van der Waals surface area contributed by atoms with Gasteiger partial charge in [0, 0.05) is 33.4 Å². The topological polar surface area (TPSA) is 35.6 Å². The number of nitrogens with one attached hydrogen (secondary N) is 1. The Morgan fingerprint density at radius 1 is 1.16 bits per heavy atom. The molecule has 2 rings (SSSR count). The molecule has 6 heteroatoms. The van der Waals surface area contributed by atoms with Crippen LogP contribution in [0.2, 0.25) is 5.02 Å². The van der Waals surface area contributed by atoms with Crippen LogP contribution in [0.25, 0.3) is 0 Å². The Labute approximate surface area is 153 Å². The van der Waals surface area contributed by atoms with Crippen LogP contribution < -0.4 is 10.2 Å². The van der Waals surface area contributed by atoms with Gasteiger partial charge in [0.15, 0.2) is 0 Å². The summed E-state index contributed by atoms with van der Waals surface area (Å²) >= 11 is 5.80. The third-order valence-corrected chi connectivity index (χ3v) is 4.29. The maximum absolute atomic E-state index is 13.2. The summed E-state index contributed by atoms with van der Waals surface area (Å²) in [6.07, 6.45) is 0. The monoisotopic (exact) mass is 363 g/mol. The molecule has 0 aliphatic heterocycles. The van der Waals surface area contributed by atoms with Gasteiger partial charge in [-0.05, 0) is 42.3 Å². The molecule has 0 aliphatic rings. The number of benzene rings is 2. The zero-order chi connectivity index (χ0) is 18.6. The standard InChI is InChI=1S/C19H23ClFN3O/c1-13(15-7-10-18(21)17(20)11-15)22-19(25)24(4)12-14-5-8-16(9-6-14)23(2)3/h5-11,13H,12H2,1-4H3,(H,22,25)/t13-/m0/s1. The lowest BCUT2D eigenvalue weighted by molar-refractivity contribution is 0.203. The van der Waals surface area contributed by atoms with E-state index in [0.29, 0.717) is 6.54 Å². The summed E-state index contributed by atoms with van der Waals surface area (Å²) in [5.74, 6) is -0.470. The normalized spacial score (nSPS) is 11.8. The van der Waals surface area contributed by atoms with E-state index in [-0.39, 0.29) is 17.1 Å². The van der Waals surface area contributed by atoms with Crippen LogP contribution in [-0.4, -0.2) is 32.1 Å². The molecule has 134 valence electrons. The Kier molecular flexibility index (Phi) is 6.26. The second-order valence-electron chi connectivity index (χ2n) is 6.26. The van der Waals surface area contributed by atoms with Crippen molar-refractivity contribution in [2.75, 3.05) is 26.0 Å². The first-order chi connectivity index (χ1) is 11.8. The molecule has 25 heavy (non-hydrogen) atoms. The lowest BCUT2D eigenvalue weighted by Gasteiger charge is -2.22. The van der Waals surface area contributed by atoms with Crippen molar-refractivity contribution >= 4 is 23.3 Å². The summed E-state index contributed by atoms with van der Waals surface area (Å²) in [6.45, 7) is 2.33. The molecule has 0 aliphatic carbocycles. The van der Waals surface area contributed by atoms with Gasteiger partial charge in [0.25, 0.3) is 0 Å². The lowest BCUT2D eigenvalue weighted by atomic mass is 10.1. The predicted octanol–water partition coefficient (Wildman–Crippen LogP) is 4.45. The molecule has 0 radical (unpaired) electrons. The summed E-state index contributed by atoms with van der Waals surface area (Å²) in [5.41, 5.74) is 2.90. The number of nitrogens with zero attached hydrogens (tertiary/aromatic N) is 2. The first-order valence-corrected chi connectivity index (χ1v) is 8.38. The highest BCUT2D eigenvalue weighted by Crippen LogP contribution is 2.21. The van der Waals surface area contributed by atoms with Crippen LogP contribution in [0.4, 0.5) is 14.9 Å². The van der Waals surface area contributed by atoms with Crippen LogP contribution in [0, 0.1) is 5.82 Å². The van der Waals surface area contributed by atoms with Crippen molar-refractivity contribution in [3.05, 3.63) is 64.4 Å². The molecule has 1 atom stereocenters. The largest absolute Gasteiger partial charge is 0.378 e. The maximum atomic E-state index is 13.2. The Hall–Kier alpha value is -2.27. The highest BCUT2D eigenvalue weighted by atomic mass is 35.5. The van der Waals surface area contributed by atoms with Gasteiger partial charge in [-0.15, -0.1) is 0 Å². The molecule has 0 fully saturated rings. The Bertz CT molecular complexity index is 734. The van der Waals surface area contributed by atoms with Gasteiger partial charge in [0.2, 0.25) is 0 Å². The van der Waals surface area contributed by atoms with Gasteiger partial charge in [0.05, 0.1) is 11.1 Å². The number of anilines is 1. The molecule has 0 spiro atoms. The van der Waals surface area contributed by atoms with Gasteiger partial charge in [-0.1, -0.05) is 29.8 Å². The van der Waals surface area contributed by atoms with Crippen molar-refractivity contribution in [1.82, 2.24) is 10.2 Å². The molecule has 2 amide bonds. The van der Waals surface area contributed by atoms with Gasteiger partial charge >= 0.3 is 6.03 Å². The fourth-order valence-electron chi connectivity index (χ4n) is 2.41. The number of hydrogen-bond donors (Lipinski definition) is 1. The summed E-state index contributed by atoms with van der Waals surface area (Å²) in [6, 6.07) is 12.0. The molecule has 2 aromatic rings. The van der Waals surface area contributed by atoms with Gasteiger partial charge in [-0.2, -0.15) is 0 Å². The minimum absolute atomic E-state index is 0.0490. The van der Waals surface area contributed by atoms with E-state index in [9.17, 15) is 9.18 Å². The van der Waals surface area contributed by atoms with E-state index in [0.717, 1.165) is 16.8 Å². The number of rotatable bonds is 5. The number of carbonyl (C=O) groups is 1. The number of carbonyl (C=O) groups excluding carboxylic acids is 1. The fourth-order valence-corrected chi connectivity index (χ4v) is 2.59. The molecular weight excluding hydrogens is 341 g/mol. The van der Waals surface area contributed by atoms with Crippen molar-refractivity contribution in [3.8, 4) is 0 Å². The van der Waals surface area contributed by atoms with E-state index in [1.54, 1.807) is 18.0 Å². The number of hydrogen-bond acceptors (Lipinski definition) is 2.